The molecule has 0 amide bonds. The van der Waals surface area contributed by atoms with Gasteiger partial charge in [-0.1, -0.05) is 12.1 Å². The Morgan fingerprint density at radius 1 is 0.559 bits per heavy atom. The largest absolute Gasteiger partial charge is 0.493 e. The predicted octanol–water partition coefficient (Wildman–Crippen LogP) is 8.75. The molecule has 0 aliphatic heterocycles. The second-order valence-electron chi connectivity index (χ2n) is 13.7. The lowest BCUT2D eigenvalue weighted by Crippen LogP contribution is -2.40. The zero-order chi connectivity index (χ0) is 41.5. The summed E-state index contributed by atoms with van der Waals surface area (Å²) in [6.45, 7) is 2.09. The Hall–Kier alpha value is -4.13. The van der Waals surface area contributed by atoms with E-state index < -0.39 is 36.6 Å². The van der Waals surface area contributed by atoms with Crippen molar-refractivity contribution in [3.8, 4) is 57.0 Å². The van der Waals surface area contributed by atoms with Gasteiger partial charge < -0.3 is 44.8 Å². The maximum atomic E-state index is 12.8. The van der Waals surface area contributed by atoms with Crippen molar-refractivity contribution < 1.29 is 54.8 Å². The Labute approximate surface area is 358 Å². The Morgan fingerprint density at radius 3 is 1.10 bits per heavy atom. The second kappa shape index (κ2) is 21.9. The van der Waals surface area contributed by atoms with Crippen LogP contribution >= 0.6 is 37.2 Å². The first-order valence-electron chi connectivity index (χ1n) is 17.3. The molecule has 0 fully saturated rings. The molecule has 0 spiro atoms. The first-order valence-corrected chi connectivity index (χ1v) is 17.3. The van der Waals surface area contributed by atoms with Gasteiger partial charge in [0, 0.05) is 34.6 Å². The molecule has 11 nitrogen and oxygen atoms in total. The Morgan fingerprint density at radius 2 is 0.864 bits per heavy atom. The summed E-state index contributed by atoms with van der Waals surface area (Å²) in [6, 6.07) is 13.3. The highest BCUT2D eigenvalue weighted by Gasteiger charge is 2.32. The molecule has 2 aromatic heterocycles. The number of hydrogen-bond donors (Lipinski definition) is 2. The van der Waals surface area contributed by atoms with Gasteiger partial charge in [0.1, 0.15) is 0 Å². The number of hydrogen-bond acceptors (Lipinski definition) is 11. The number of methoxy groups -OCH3 is 4. The van der Waals surface area contributed by atoms with E-state index in [9.17, 15) is 26.3 Å². The molecule has 2 unspecified atom stereocenters. The molecule has 2 heterocycles. The van der Waals surface area contributed by atoms with Gasteiger partial charge in [-0.05, 0) is 94.4 Å². The number of rotatable bonds is 18. The van der Waals surface area contributed by atoms with E-state index in [1.165, 1.54) is 52.7 Å². The van der Waals surface area contributed by atoms with Crippen molar-refractivity contribution in [2.45, 2.75) is 50.1 Å². The van der Waals surface area contributed by atoms with Crippen LogP contribution in [0.1, 0.15) is 37.8 Å². The van der Waals surface area contributed by atoms with E-state index in [-0.39, 0.29) is 71.7 Å². The molecule has 0 aliphatic rings. The Balaban J connectivity index is 0.00000580. The second-order valence-corrected chi connectivity index (χ2v) is 13.7. The van der Waals surface area contributed by atoms with E-state index in [1.54, 1.807) is 24.5 Å². The van der Waals surface area contributed by atoms with Crippen molar-refractivity contribution >= 4 is 37.2 Å². The Kier molecular flexibility index (Phi) is 19.7. The fourth-order valence-electron chi connectivity index (χ4n) is 5.70. The number of aromatic nitrogens is 2. The minimum Gasteiger partial charge on any atom is -0.493 e. The van der Waals surface area contributed by atoms with Crippen molar-refractivity contribution in [2.75, 3.05) is 61.8 Å². The van der Waals surface area contributed by atoms with Gasteiger partial charge in [0.05, 0.1) is 39.8 Å². The third-order valence-electron chi connectivity index (χ3n) is 9.14. The smallest absolute Gasteiger partial charge is 0.422 e. The third kappa shape index (κ3) is 14.5. The summed E-state index contributed by atoms with van der Waals surface area (Å²) in [6.07, 6.45) is -4.58. The molecule has 2 atom stereocenters. The lowest BCUT2D eigenvalue weighted by molar-refractivity contribution is -0.154. The zero-order valence-corrected chi connectivity index (χ0v) is 35.9. The number of alkyl halides is 6. The van der Waals surface area contributed by atoms with Crippen LogP contribution in [0.25, 0.3) is 22.5 Å². The number of halogens is 9. The highest BCUT2D eigenvalue weighted by molar-refractivity contribution is 5.86. The van der Waals surface area contributed by atoms with Gasteiger partial charge in [-0.15, -0.1) is 37.2 Å². The van der Waals surface area contributed by atoms with Gasteiger partial charge in [-0.2, -0.15) is 26.3 Å². The van der Waals surface area contributed by atoms with Crippen molar-refractivity contribution in [2.24, 2.45) is 11.5 Å². The minimum atomic E-state index is -4.54. The summed E-state index contributed by atoms with van der Waals surface area (Å²) in [5.74, 6) is -0.0709. The van der Waals surface area contributed by atoms with Crippen LogP contribution in [0.3, 0.4) is 0 Å². The SMILES string of the molecule is COc1cc(-c2ccc(C(C)(N)CCN(C)CCC(C)(N)c3ccc(-c4cc(OC)c(OCC(F)(F)F)c(OC)c4)nc3)cn2)cc(OC)c1OCC(F)(F)F.Cl.Cl.Cl. The molecule has 4 aromatic rings. The highest BCUT2D eigenvalue weighted by Crippen LogP contribution is 2.43. The van der Waals surface area contributed by atoms with Crippen LogP contribution in [0.5, 0.6) is 34.5 Å². The first-order chi connectivity index (χ1) is 26.2. The van der Waals surface area contributed by atoms with Crippen LogP contribution in [0.2, 0.25) is 0 Å². The molecule has 0 aliphatic carbocycles. The molecule has 59 heavy (non-hydrogen) atoms. The lowest BCUT2D eigenvalue weighted by Gasteiger charge is -2.30. The molecular weight excluding hydrogens is 855 g/mol. The predicted molar refractivity (Wildman–Crippen MR) is 220 cm³/mol. The standard InChI is InChI=1S/C39H47F6N5O6.3ClH/c1-36(46,26-8-10-28(48-20-26)24-16-30(51-4)34(31(17-24)52-5)55-22-38(40,41)42)12-14-50(3)15-13-37(2,47)27-9-11-29(49-21-27)25-18-32(53-6)35(33(19-25)54-7)56-23-39(43,44)45;;;/h8-11,16-21H,12-15,22-23,46-47H2,1-7H3;3*1H. The number of nitrogens with two attached hydrogens (primary N) is 2. The van der Waals surface area contributed by atoms with Gasteiger partial charge in [0.25, 0.3) is 0 Å². The summed E-state index contributed by atoms with van der Waals surface area (Å²) in [4.78, 5) is 11.3. The van der Waals surface area contributed by atoms with Crippen LogP contribution in [0.15, 0.2) is 60.9 Å². The van der Waals surface area contributed by atoms with E-state index in [0.717, 1.165) is 11.1 Å². The van der Waals surface area contributed by atoms with E-state index in [1.807, 2.05) is 33.0 Å². The van der Waals surface area contributed by atoms with Crippen molar-refractivity contribution in [1.82, 2.24) is 14.9 Å². The summed E-state index contributed by atoms with van der Waals surface area (Å²) < 4.78 is 108. The van der Waals surface area contributed by atoms with E-state index in [2.05, 4.69) is 14.9 Å². The average molecular weight is 905 g/mol. The summed E-state index contributed by atoms with van der Waals surface area (Å²) in [5, 5.41) is 0. The van der Waals surface area contributed by atoms with Crippen molar-refractivity contribution in [3.05, 3.63) is 72.1 Å². The van der Waals surface area contributed by atoms with Gasteiger partial charge in [-0.25, -0.2) is 0 Å². The molecule has 2 aromatic carbocycles. The molecule has 0 radical (unpaired) electrons. The van der Waals surface area contributed by atoms with Gasteiger partial charge in [-0.3, -0.25) is 9.97 Å². The molecular formula is C39H50Cl3F6N5O6. The van der Waals surface area contributed by atoms with E-state index in [0.29, 0.717) is 48.4 Å². The fourth-order valence-corrected chi connectivity index (χ4v) is 5.70. The van der Waals surface area contributed by atoms with Gasteiger partial charge in [0.15, 0.2) is 36.2 Å². The summed E-state index contributed by atoms with van der Waals surface area (Å²) in [7, 11) is 7.26. The first kappa shape index (κ1) is 52.9. The maximum Gasteiger partial charge on any atom is 0.422 e. The molecule has 4 N–H and O–H groups in total. The fraction of sp³-hybridized carbons (Fsp3) is 0.436. The Bertz CT molecular complexity index is 1730. The quantitative estimate of drug-likeness (QED) is 0.0928. The average Bonchev–Trinajstić information content (AvgIpc) is 3.16. The van der Waals surface area contributed by atoms with E-state index in [4.69, 9.17) is 39.9 Å². The van der Waals surface area contributed by atoms with Gasteiger partial charge >= 0.3 is 12.4 Å². The maximum absolute atomic E-state index is 12.8. The molecule has 330 valence electrons. The normalized spacial score (nSPS) is 13.4. The molecule has 4 rings (SSSR count). The highest BCUT2D eigenvalue weighted by atomic mass is 35.5. The van der Waals surface area contributed by atoms with Gasteiger partial charge in [0.2, 0.25) is 11.5 Å². The third-order valence-corrected chi connectivity index (χ3v) is 9.14. The number of benzene rings is 2. The summed E-state index contributed by atoms with van der Waals surface area (Å²) in [5.41, 5.74) is 15.7. The van der Waals surface area contributed by atoms with E-state index >= 15 is 0 Å². The van der Waals surface area contributed by atoms with Crippen LogP contribution in [0, 0.1) is 0 Å². The van der Waals surface area contributed by atoms with Crippen molar-refractivity contribution in [3.63, 3.8) is 0 Å². The molecule has 0 saturated heterocycles. The summed E-state index contributed by atoms with van der Waals surface area (Å²) >= 11 is 0. The van der Waals surface area contributed by atoms with Crippen LogP contribution < -0.4 is 39.9 Å². The number of pyridine rings is 2. The molecule has 0 saturated carbocycles. The van der Waals surface area contributed by atoms with Crippen LogP contribution in [-0.4, -0.2) is 89.0 Å². The zero-order valence-electron chi connectivity index (χ0n) is 33.5. The van der Waals surface area contributed by atoms with Crippen LogP contribution in [-0.2, 0) is 11.1 Å². The van der Waals surface area contributed by atoms with Crippen molar-refractivity contribution in [1.29, 1.82) is 0 Å². The lowest BCUT2D eigenvalue weighted by atomic mass is 9.89. The number of nitrogens with zero attached hydrogens (tertiary/aromatic N) is 3. The monoisotopic (exact) mass is 903 g/mol. The molecule has 0 bridgehead atoms. The number of ether oxygens (including phenoxy) is 6. The molecule has 20 heteroatoms. The minimum absolute atomic E-state index is 0. The van der Waals surface area contributed by atoms with Crippen LogP contribution in [0.4, 0.5) is 26.3 Å². The topological polar surface area (TPSA) is 136 Å².